The van der Waals surface area contributed by atoms with Gasteiger partial charge in [0.15, 0.2) is 0 Å². The third-order valence-corrected chi connectivity index (χ3v) is 0. The van der Waals surface area contributed by atoms with Crippen molar-refractivity contribution in [3.63, 3.8) is 0 Å². The molecule has 0 fully saturated rings. The van der Waals surface area contributed by atoms with Crippen LogP contribution in [0, 0.1) is 39.9 Å². The van der Waals surface area contributed by atoms with E-state index in [2.05, 4.69) is 39.9 Å². The molecule has 0 unspecified atom stereocenters. The van der Waals surface area contributed by atoms with Crippen LogP contribution < -0.4 is 0 Å². The summed E-state index contributed by atoms with van der Waals surface area (Å²) in [6, 6.07) is 0. The van der Waals surface area contributed by atoms with Gasteiger partial charge in [0.1, 0.15) is 0 Å². The van der Waals surface area contributed by atoms with Crippen molar-refractivity contribution in [2.24, 2.45) is 0 Å². The molecule has 0 N–H and O–H groups in total. The van der Waals surface area contributed by atoms with E-state index in [1.807, 2.05) is 0 Å². The molecule has 0 aromatic heterocycles. The SMILES string of the molecule is [C-]#[O+].[C-]#[O+].[C-]#[O+].[C-]#[O+].[C-]#[O+].[C-]#[O+].[Na].[V]. The third-order valence-electron chi connectivity index (χ3n) is 0. The molecule has 0 heterocycles. The van der Waals surface area contributed by atoms with Crippen LogP contribution in [0.5, 0.6) is 0 Å². The van der Waals surface area contributed by atoms with Gasteiger partial charge < -0.3 is 0 Å². The minimum atomic E-state index is 0. The van der Waals surface area contributed by atoms with E-state index >= 15 is 0 Å². The van der Waals surface area contributed by atoms with E-state index < -0.39 is 0 Å². The summed E-state index contributed by atoms with van der Waals surface area (Å²) in [6.07, 6.45) is 0. The van der Waals surface area contributed by atoms with Gasteiger partial charge in [-0.15, -0.1) is 0 Å². The van der Waals surface area contributed by atoms with Crippen LogP contribution in [0.1, 0.15) is 0 Å². The second kappa shape index (κ2) is 3160000. The fourth-order valence-electron chi connectivity index (χ4n) is 0. The Kier molecular flexibility index (Phi) is 14800000. The van der Waals surface area contributed by atoms with Gasteiger partial charge in [-0.05, 0) is 0 Å². The molecule has 0 aromatic rings. The molecule has 0 spiro atoms. The van der Waals surface area contributed by atoms with Gasteiger partial charge in [-0.3, -0.25) is 0 Å². The zero-order valence-electron chi connectivity index (χ0n) is 6.90. The molecule has 0 saturated carbocycles. The molecule has 0 aromatic carbocycles. The third kappa shape index (κ3) is 2450000. The second-order valence-electron chi connectivity index (χ2n) is 0. The average molecular weight is 242 g/mol. The van der Waals surface area contributed by atoms with Gasteiger partial charge in [-0.2, -0.15) is 0 Å². The Morgan fingerprint density at radius 3 is 0.357 bits per heavy atom. The molecule has 6 nitrogen and oxygen atoms in total. The van der Waals surface area contributed by atoms with Crippen LogP contribution in [-0.4, -0.2) is 29.6 Å². The largest absolute Gasteiger partial charge is 0 e. The molecule has 14 heavy (non-hydrogen) atoms. The molecule has 0 aliphatic carbocycles. The predicted molar refractivity (Wildman–Crippen MR) is 29.3 cm³/mol. The van der Waals surface area contributed by atoms with Crippen molar-refractivity contribution in [1.29, 1.82) is 0 Å². The zero-order chi connectivity index (χ0) is 12.0. The average Bonchev–Trinajstić information content (AvgIpc) is 2.33. The molecule has 0 aliphatic heterocycles. The van der Waals surface area contributed by atoms with E-state index in [-0.39, 0.29) is 48.1 Å². The van der Waals surface area contributed by atoms with E-state index in [1.165, 1.54) is 0 Å². The van der Waals surface area contributed by atoms with Crippen molar-refractivity contribution in [3.05, 3.63) is 39.9 Å². The summed E-state index contributed by atoms with van der Waals surface area (Å²) in [6.45, 7) is 27.0. The number of hydrogen-bond acceptors (Lipinski definition) is 0. The first kappa shape index (κ1) is 65.5. The first-order valence-electron chi connectivity index (χ1n) is 1.22. The molecular formula is C6NaO6V. The Bertz CT molecular complexity index is 97.3. The minimum Gasteiger partial charge on any atom is 0 e. The van der Waals surface area contributed by atoms with E-state index in [1.54, 1.807) is 0 Å². The summed E-state index contributed by atoms with van der Waals surface area (Å²) < 4.78 is 45.0. The zero-order valence-corrected chi connectivity index (χ0v) is 10.3. The van der Waals surface area contributed by atoms with Crippen molar-refractivity contribution in [3.8, 4) is 0 Å². The van der Waals surface area contributed by atoms with Crippen LogP contribution in [0.25, 0.3) is 0 Å². The number of rotatable bonds is 0. The van der Waals surface area contributed by atoms with Crippen LogP contribution in [0.15, 0.2) is 0 Å². The summed E-state index contributed by atoms with van der Waals surface area (Å²) in [5, 5.41) is 0. The maximum absolute atomic E-state index is 7.50. The van der Waals surface area contributed by atoms with Crippen molar-refractivity contribution in [2.75, 3.05) is 0 Å². The van der Waals surface area contributed by atoms with Gasteiger partial charge in [0, 0.05) is 48.1 Å². The minimum absolute atomic E-state index is 0. The van der Waals surface area contributed by atoms with Gasteiger partial charge in [-0.1, -0.05) is 0 Å². The smallest absolute Gasteiger partial charge is 0 e. The summed E-state index contributed by atoms with van der Waals surface area (Å²) in [4.78, 5) is 0. The predicted octanol–water partition coefficient (Wildman–Crippen LogP) is -0.608. The Balaban J connectivity index is -0.00000000500. The first-order chi connectivity index (χ1) is 6.00. The monoisotopic (exact) mass is 242 g/mol. The topological polar surface area (TPSA) is 119 Å². The molecule has 66 valence electrons. The van der Waals surface area contributed by atoms with E-state index in [0.29, 0.717) is 0 Å². The first-order valence-corrected chi connectivity index (χ1v) is 1.22. The molecule has 0 aliphatic rings. The van der Waals surface area contributed by atoms with Gasteiger partial charge in [0.05, 0.1) is 0 Å². The Morgan fingerprint density at radius 1 is 0.357 bits per heavy atom. The van der Waals surface area contributed by atoms with Crippen molar-refractivity contribution >= 4 is 29.6 Å². The maximum Gasteiger partial charge on any atom is 0 e. The molecule has 0 bridgehead atoms. The van der Waals surface area contributed by atoms with E-state index in [4.69, 9.17) is 27.9 Å². The Morgan fingerprint density at radius 2 is 0.357 bits per heavy atom. The molecule has 0 amide bonds. The van der Waals surface area contributed by atoms with Crippen molar-refractivity contribution < 1.29 is 46.5 Å². The molecule has 8 heteroatoms. The summed E-state index contributed by atoms with van der Waals surface area (Å²) >= 11 is 0. The Labute approximate surface area is 115 Å². The van der Waals surface area contributed by atoms with Crippen molar-refractivity contribution in [2.45, 2.75) is 0 Å². The molecule has 2 radical (unpaired) electrons. The van der Waals surface area contributed by atoms with Crippen LogP contribution in [-0.2, 0) is 46.5 Å². The standard InChI is InChI=1S/6CO.Na.V/c6*1-2;;. The summed E-state index contributed by atoms with van der Waals surface area (Å²) in [7, 11) is 0. The summed E-state index contributed by atoms with van der Waals surface area (Å²) in [5.74, 6) is 0. The van der Waals surface area contributed by atoms with E-state index in [0.717, 1.165) is 0 Å². The van der Waals surface area contributed by atoms with Gasteiger partial charge in [0.25, 0.3) is 0 Å². The van der Waals surface area contributed by atoms with Crippen LogP contribution >= 0.6 is 0 Å². The van der Waals surface area contributed by atoms with Gasteiger partial charge in [0.2, 0.25) is 0 Å². The summed E-state index contributed by atoms with van der Waals surface area (Å²) in [5.41, 5.74) is 0. The fourth-order valence-corrected chi connectivity index (χ4v) is 0. The molecule has 0 rings (SSSR count). The number of hydrogen-bond donors (Lipinski definition) is 0. The Hall–Kier alpha value is 0.0244. The van der Waals surface area contributed by atoms with Crippen LogP contribution in [0.2, 0.25) is 0 Å². The van der Waals surface area contributed by atoms with Crippen LogP contribution in [0.3, 0.4) is 0 Å². The fraction of sp³-hybridized carbons (Fsp3) is 0. The van der Waals surface area contributed by atoms with Crippen molar-refractivity contribution in [1.82, 2.24) is 0 Å². The molecular weight excluding hydrogens is 242 g/mol. The molecule has 0 atom stereocenters. The van der Waals surface area contributed by atoms with Crippen LogP contribution in [0.4, 0.5) is 0 Å². The normalized spacial score (nSPS) is 0.857. The second-order valence-corrected chi connectivity index (χ2v) is 0. The van der Waals surface area contributed by atoms with Gasteiger partial charge >= 0.3 is 67.8 Å². The van der Waals surface area contributed by atoms with Gasteiger partial charge in [-0.25, -0.2) is 0 Å². The molecule has 0 saturated heterocycles. The quantitative estimate of drug-likeness (QED) is 0.306. The van der Waals surface area contributed by atoms with E-state index in [9.17, 15) is 0 Å². The maximum atomic E-state index is 7.50.